The van der Waals surface area contributed by atoms with Crippen LogP contribution in [0.5, 0.6) is 5.75 Å². The Morgan fingerprint density at radius 2 is 1.76 bits per heavy atom. The maximum Gasteiger partial charge on any atom is 0.291 e. The Labute approximate surface area is 189 Å². The highest BCUT2D eigenvalue weighted by Crippen LogP contribution is 2.27. The molecule has 7 nitrogen and oxygen atoms in total. The van der Waals surface area contributed by atoms with E-state index in [1.165, 1.54) is 4.68 Å². The van der Waals surface area contributed by atoms with E-state index in [2.05, 4.69) is 10.4 Å². The lowest BCUT2D eigenvalue weighted by atomic mass is 10.2. The summed E-state index contributed by atoms with van der Waals surface area (Å²) in [7, 11) is 1.56. The van der Waals surface area contributed by atoms with Gasteiger partial charge >= 0.3 is 0 Å². The van der Waals surface area contributed by atoms with E-state index < -0.39 is 0 Å². The maximum absolute atomic E-state index is 13.5. The van der Waals surface area contributed by atoms with Crippen LogP contribution in [0.2, 0.25) is 0 Å². The van der Waals surface area contributed by atoms with Crippen LogP contribution in [0.1, 0.15) is 5.56 Å². The van der Waals surface area contributed by atoms with Crippen molar-refractivity contribution in [3.8, 4) is 5.75 Å². The van der Waals surface area contributed by atoms with Gasteiger partial charge in [-0.15, -0.1) is 0 Å². The largest absolute Gasteiger partial charge is 0.497 e. The fraction of sp³-hybridized carbons (Fsp3) is 0.115. The number of hydrogen-bond donors (Lipinski definition) is 1. The number of hydrogen-bond acceptors (Lipinski definition) is 4. The minimum absolute atomic E-state index is 0.196. The number of aromatic nitrogens is 3. The van der Waals surface area contributed by atoms with Gasteiger partial charge in [0.1, 0.15) is 17.8 Å². The first-order valence-electron chi connectivity index (χ1n) is 10.6. The van der Waals surface area contributed by atoms with Gasteiger partial charge in [0, 0.05) is 34.6 Å². The van der Waals surface area contributed by atoms with E-state index >= 15 is 0 Å². The van der Waals surface area contributed by atoms with Gasteiger partial charge < -0.3 is 14.6 Å². The number of carbonyl (C=O) groups excluding carboxylic acids is 1. The number of anilines is 1. The zero-order valence-corrected chi connectivity index (χ0v) is 18.1. The minimum atomic E-state index is -0.345. The Bertz CT molecular complexity index is 1520. The van der Waals surface area contributed by atoms with Gasteiger partial charge in [0.05, 0.1) is 13.3 Å². The molecule has 3 aromatic carbocycles. The molecule has 5 aromatic rings. The molecule has 0 aliphatic carbocycles. The second-order valence-corrected chi connectivity index (χ2v) is 7.74. The first-order valence-corrected chi connectivity index (χ1v) is 10.6. The fourth-order valence-electron chi connectivity index (χ4n) is 4.07. The standard InChI is InChI=1S/C26H22N4O3/c1-33-20-11-7-10-19(14-20)28-24(31)17-30-26(32)25-22(15-27-30)21-12-5-6-13-23(21)29(25)16-18-8-3-2-4-9-18/h2-15H,16-17H2,1H3,(H,28,31). The summed E-state index contributed by atoms with van der Waals surface area (Å²) in [6.07, 6.45) is 1.67. The molecule has 2 heterocycles. The van der Waals surface area contributed by atoms with E-state index in [1.54, 1.807) is 37.6 Å². The molecule has 0 aliphatic heterocycles. The number of ether oxygens (including phenoxy) is 1. The summed E-state index contributed by atoms with van der Waals surface area (Å²) in [5, 5.41) is 8.83. The molecular weight excluding hydrogens is 416 g/mol. The molecule has 0 bridgehead atoms. The van der Waals surface area contributed by atoms with E-state index in [-0.39, 0.29) is 18.0 Å². The van der Waals surface area contributed by atoms with Crippen LogP contribution in [0, 0.1) is 0 Å². The molecular formula is C26H22N4O3. The lowest BCUT2D eigenvalue weighted by Gasteiger charge is -2.10. The predicted molar refractivity (Wildman–Crippen MR) is 129 cm³/mol. The number of fused-ring (bicyclic) bond motifs is 3. The SMILES string of the molecule is COc1cccc(NC(=O)Cn2ncc3c4ccccc4n(Cc4ccccc4)c3c2=O)c1. The van der Waals surface area contributed by atoms with Crippen LogP contribution in [0.3, 0.4) is 0 Å². The number of benzene rings is 3. The second kappa shape index (κ2) is 8.63. The zero-order chi connectivity index (χ0) is 22.8. The first-order chi connectivity index (χ1) is 16.1. The monoisotopic (exact) mass is 438 g/mol. The molecule has 1 N–H and O–H groups in total. The molecule has 33 heavy (non-hydrogen) atoms. The van der Waals surface area contributed by atoms with Crippen LogP contribution >= 0.6 is 0 Å². The Morgan fingerprint density at radius 1 is 0.970 bits per heavy atom. The Balaban J connectivity index is 1.54. The zero-order valence-electron chi connectivity index (χ0n) is 18.1. The number of carbonyl (C=O) groups is 1. The summed E-state index contributed by atoms with van der Waals surface area (Å²) in [4.78, 5) is 26.1. The van der Waals surface area contributed by atoms with Crippen molar-refractivity contribution in [1.82, 2.24) is 14.3 Å². The molecule has 7 heteroatoms. The van der Waals surface area contributed by atoms with Gasteiger partial charge in [-0.1, -0.05) is 54.6 Å². The first kappa shape index (κ1) is 20.5. The molecule has 0 radical (unpaired) electrons. The average molecular weight is 438 g/mol. The third-order valence-corrected chi connectivity index (χ3v) is 5.60. The van der Waals surface area contributed by atoms with E-state index in [4.69, 9.17) is 4.74 Å². The van der Waals surface area contributed by atoms with Crippen LogP contribution in [-0.4, -0.2) is 27.4 Å². The number of para-hydroxylation sites is 1. The number of methoxy groups -OCH3 is 1. The normalized spacial score (nSPS) is 11.1. The number of rotatable bonds is 6. The van der Waals surface area contributed by atoms with Crippen molar-refractivity contribution < 1.29 is 9.53 Å². The van der Waals surface area contributed by atoms with Crippen molar-refractivity contribution in [3.63, 3.8) is 0 Å². The highest BCUT2D eigenvalue weighted by atomic mass is 16.5. The molecule has 0 unspecified atom stereocenters. The van der Waals surface area contributed by atoms with Gasteiger partial charge in [0.25, 0.3) is 5.56 Å². The van der Waals surface area contributed by atoms with Gasteiger partial charge in [-0.05, 0) is 23.8 Å². The Morgan fingerprint density at radius 3 is 2.58 bits per heavy atom. The third kappa shape index (κ3) is 3.96. The summed E-state index contributed by atoms with van der Waals surface area (Å²) in [5.41, 5.74) is 2.85. The van der Waals surface area contributed by atoms with Gasteiger partial charge in [-0.3, -0.25) is 9.59 Å². The summed E-state index contributed by atoms with van der Waals surface area (Å²) < 4.78 is 8.40. The van der Waals surface area contributed by atoms with Crippen LogP contribution in [-0.2, 0) is 17.9 Å². The highest BCUT2D eigenvalue weighted by molar-refractivity contribution is 6.07. The van der Waals surface area contributed by atoms with E-state index in [0.717, 1.165) is 21.9 Å². The number of amides is 1. The molecule has 5 rings (SSSR count). The summed E-state index contributed by atoms with van der Waals surface area (Å²) in [6.45, 7) is 0.346. The molecule has 0 saturated carbocycles. The van der Waals surface area contributed by atoms with Crippen molar-refractivity contribution >= 4 is 33.4 Å². The van der Waals surface area contributed by atoms with E-state index in [0.29, 0.717) is 23.5 Å². The molecule has 0 aliphatic rings. The lowest BCUT2D eigenvalue weighted by Crippen LogP contribution is -2.30. The minimum Gasteiger partial charge on any atom is -0.497 e. The smallest absolute Gasteiger partial charge is 0.291 e. The topological polar surface area (TPSA) is 78.2 Å². The highest BCUT2D eigenvalue weighted by Gasteiger charge is 2.17. The van der Waals surface area contributed by atoms with E-state index in [9.17, 15) is 9.59 Å². The van der Waals surface area contributed by atoms with Gasteiger partial charge in [0.2, 0.25) is 5.91 Å². The lowest BCUT2D eigenvalue weighted by molar-refractivity contribution is -0.117. The summed E-state index contributed by atoms with van der Waals surface area (Å²) in [6, 6.07) is 24.9. The third-order valence-electron chi connectivity index (χ3n) is 5.60. The Kier molecular flexibility index (Phi) is 5.36. The van der Waals surface area contributed by atoms with Crippen molar-refractivity contribution in [3.05, 3.63) is 101 Å². The molecule has 0 saturated heterocycles. The summed E-state index contributed by atoms with van der Waals surface area (Å²) in [5.74, 6) is 0.290. The Hall–Kier alpha value is -4.39. The molecule has 0 atom stereocenters. The van der Waals surface area contributed by atoms with Crippen LogP contribution in [0.15, 0.2) is 89.9 Å². The van der Waals surface area contributed by atoms with Crippen molar-refractivity contribution in [2.24, 2.45) is 0 Å². The molecule has 2 aromatic heterocycles. The molecule has 0 fully saturated rings. The van der Waals surface area contributed by atoms with Gasteiger partial charge in [-0.2, -0.15) is 5.10 Å². The molecule has 164 valence electrons. The van der Waals surface area contributed by atoms with Crippen LogP contribution < -0.4 is 15.6 Å². The van der Waals surface area contributed by atoms with Crippen molar-refractivity contribution in [2.75, 3.05) is 12.4 Å². The number of nitrogens with one attached hydrogen (secondary N) is 1. The van der Waals surface area contributed by atoms with Crippen LogP contribution in [0.4, 0.5) is 5.69 Å². The number of nitrogens with zero attached hydrogens (tertiary/aromatic N) is 3. The molecule has 0 spiro atoms. The maximum atomic E-state index is 13.5. The van der Waals surface area contributed by atoms with Crippen LogP contribution in [0.25, 0.3) is 21.8 Å². The van der Waals surface area contributed by atoms with Crippen molar-refractivity contribution in [1.29, 1.82) is 0 Å². The van der Waals surface area contributed by atoms with E-state index in [1.807, 2.05) is 59.2 Å². The fourth-order valence-corrected chi connectivity index (χ4v) is 4.07. The van der Waals surface area contributed by atoms with Gasteiger partial charge in [-0.25, -0.2) is 4.68 Å². The quantitative estimate of drug-likeness (QED) is 0.434. The predicted octanol–water partition coefficient (Wildman–Crippen LogP) is 4.05. The second-order valence-electron chi connectivity index (χ2n) is 7.74. The average Bonchev–Trinajstić information content (AvgIpc) is 3.16. The molecule has 1 amide bonds. The van der Waals surface area contributed by atoms with Crippen molar-refractivity contribution in [2.45, 2.75) is 13.1 Å². The van der Waals surface area contributed by atoms with Gasteiger partial charge in [0.15, 0.2) is 0 Å². The summed E-state index contributed by atoms with van der Waals surface area (Å²) >= 11 is 0.